The zero-order valence-corrected chi connectivity index (χ0v) is 13.3. The van der Waals surface area contributed by atoms with Gasteiger partial charge in [-0.2, -0.15) is 0 Å². The van der Waals surface area contributed by atoms with E-state index >= 15 is 0 Å². The summed E-state index contributed by atoms with van der Waals surface area (Å²) in [5.74, 6) is 0. The Hall–Kier alpha value is 4.08. The van der Waals surface area contributed by atoms with E-state index < -0.39 is 0 Å². The summed E-state index contributed by atoms with van der Waals surface area (Å²) in [6.07, 6.45) is 0. The second-order valence-corrected chi connectivity index (χ2v) is 0. The standard InChI is InChI=1S/Al.Fe.La.Mn.Mo.Zn.3H. The van der Waals surface area contributed by atoms with Gasteiger partial charge >= 0.3 is 0 Å². The molecule has 0 bridgehead atoms. The Kier molecular flexibility index (Phi) is 296. The molecule has 0 rings (SSSR count). The van der Waals surface area contributed by atoms with Crippen LogP contribution in [0.2, 0.25) is 0 Å². The van der Waals surface area contributed by atoms with Crippen molar-refractivity contribution in [3.63, 3.8) is 0 Å². The van der Waals surface area contributed by atoms with E-state index in [1.165, 1.54) is 0 Å². The van der Waals surface area contributed by atoms with E-state index in [4.69, 9.17) is 0 Å². The first kappa shape index (κ1) is 49.9. The Morgan fingerprint density at radius 1 is 1.00 bits per heavy atom. The van der Waals surface area contributed by atoms with Crippen LogP contribution in [0.4, 0.5) is 0 Å². The maximum atomic E-state index is 0. The van der Waals surface area contributed by atoms with E-state index in [-0.39, 0.29) is 128 Å². The molecule has 2 radical (unpaired) electrons. The van der Waals surface area contributed by atoms with Crippen molar-refractivity contribution in [2.24, 2.45) is 0 Å². The molecule has 0 heterocycles. The van der Waals surface area contributed by atoms with Crippen molar-refractivity contribution in [2.45, 2.75) is 0 Å². The molecule has 0 aromatic rings. The van der Waals surface area contributed by atoms with E-state index in [1.54, 1.807) is 0 Å². The maximum Gasteiger partial charge on any atom is 0.187 e. The van der Waals surface area contributed by atoms with Crippen molar-refractivity contribution >= 4 is 17.4 Å². The molecule has 0 unspecified atom stereocenters. The predicted octanol–water partition coefficient (Wildman–Crippen LogP) is -1.19. The minimum absolute atomic E-state index is 0. The van der Waals surface area contributed by atoms with Gasteiger partial charge in [0, 0.05) is 110 Å². The number of hydrogen-bond acceptors (Lipinski definition) is 0. The van der Waals surface area contributed by atoms with Gasteiger partial charge in [0.25, 0.3) is 0 Å². The van der Waals surface area contributed by atoms with Crippen LogP contribution in [0.25, 0.3) is 0 Å². The molecule has 0 saturated heterocycles. The molecule has 0 amide bonds. The van der Waals surface area contributed by atoms with Gasteiger partial charge in [0.2, 0.25) is 0 Å². The van der Waals surface area contributed by atoms with E-state index in [0.29, 0.717) is 0 Å². The average Bonchev–Trinajstić information content (AvgIpc) is 0. The van der Waals surface area contributed by atoms with Crippen LogP contribution in [0, 0.1) is 35.6 Å². The monoisotopic (exact) mass is 442 g/mol. The van der Waals surface area contributed by atoms with Gasteiger partial charge in [-0.1, -0.05) is 0 Å². The minimum Gasteiger partial charge on any atom is 0 e. The molecular weight excluding hydrogens is 438 g/mol. The normalized spacial score (nSPS) is 0. The summed E-state index contributed by atoms with van der Waals surface area (Å²) in [5.41, 5.74) is 0. The third kappa shape index (κ3) is 24.3. The van der Waals surface area contributed by atoms with Crippen molar-refractivity contribution in [1.82, 2.24) is 0 Å². The molecule has 0 aliphatic carbocycles. The average molecular weight is 441 g/mol. The first-order valence-electron chi connectivity index (χ1n) is 0. The van der Waals surface area contributed by atoms with E-state index in [2.05, 4.69) is 0 Å². The summed E-state index contributed by atoms with van der Waals surface area (Å²) in [6.45, 7) is 0. The van der Waals surface area contributed by atoms with Crippen molar-refractivity contribution in [3.8, 4) is 0 Å². The fraction of sp³-hybridized carbons (Fsp3) is 0. The first-order valence-corrected chi connectivity index (χ1v) is 0. The van der Waals surface area contributed by atoms with Gasteiger partial charge in [0.1, 0.15) is 0 Å². The van der Waals surface area contributed by atoms with Crippen LogP contribution in [0.3, 0.4) is 0 Å². The quantitative estimate of drug-likeness (QED) is 0.415. The zero-order chi connectivity index (χ0) is 0. The molecule has 0 nitrogen and oxygen atoms in total. The third-order valence-corrected chi connectivity index (χ3v) is 0. The van der Waals surface area contributed by atoms with Crippen molar-refractivity contribution in [3.05, 3.63) is 0 Å². The van der Waals surface area contributed by atoms with E-state index in [0.717, 1.165) is 0 Å². The molecule has 0 aromatic carbocycles. The molecule has 0 fully saturated rings. The van der Waals surface area contributed by atoms with Crippen molar-refractivity contribution < 1.29 is 110 Å². The first-order chi connectivity index (χ1) is 0. The fourth-order valence-corrected chi connectivity index (χ4v) is 0. The number of rotatable bonds is 0. The zero-order valence-electron chi connectivity index (χ0n) is 2.42. The summed E-state index contributed by atoms with van der Waals surface area (Å²) in [6, 6.07) is 0. The molecule has 32 valence electrons. The van der Waals surface area contributed by atoms with Crippen LogP contribution in [0.1, 0.15) is 0 Å². The summed E-state index contributed by atoms with van der Waals surface area (Å²) < 4.78 is 0. The summed E-state index contributed by atoms with van der Waals surface area (Å²) in [5, 5.41) is 0. The Balaban J connectivity index is 0. The largest absolute Gasteiger partial charge is 0.187 e. The molecule has 0 spiro atoms. The molecule has 0 N–H and O–H groups in total. The van der Waals surface area contributed by atoms with Gasteiger partial charge < -0.3 is 0 Å². The van der Waals surface area contributed by atoms with E-state index in [1.807, 2.05) is 0 Å². The van der Waals surface area contributed by atoms with Crippen LogP contribution in [-0.4, -0.2) is 17.4 Å². The predicted molar refractivity (Wildman–Crippen MR) is 9.94 cm³/mol. The van der Waals surface area contributed by atoms with Crippen LogP contribution < -0.4 is 0 Å². The Bertz CT molecular complexity index is 15.5. The Morgan fingerprint density at radius 2 is 1.00 bits per heavy atom. The Morgan fingerprint density at radius 3 is 1.00 bits per heavy atom. The van der Waals surface area contributed by atoms with Crippen LogP contribution >= 0.6 is 0 Å². The molecule has 0 atom stereocenters. The summed E-state index contributed by atoms with van der Waals surface area (Å²) in [7, 11) is 0. The molecule has 0 aliphatic rings. The van der Waals surface area contributed by atoms with E-state index in [9.17, 15) is 0 Å². The van der Waals surface area contributed by atoms with Crippen molar-refractivity contribution in [1.29, 1.82) is 0 Å². The molecule has 6 heteroatoms. The maximum absolute atomic E-state index is 0. The molecule has 0 aromatic heterocycles. The molecule has 6 heavy (non-hydrogen) atoms. The van der Waals surface area contributed by atoms with Gasteiger partial charge in [-0.25, -0.2) is 0 Å². The minimum atomic E-state index is 0. The molecule has 0 aliphatic heterocycles. The fourth-order valence-electron chi connectivity index (χ4n) is 0. The van der Waals surface area contributed by atoms with Crippen LogP contribution in [-0.2, 0) is 74.7 Å². The molecular formula is H3AlFeLaMnMoZn. The SMILES string of the molecule is [AlH3].[Fe].[La].[Mn].[Mo].[Zn]. The van der Waals surface area contributed by atoms with Gasteiger partial charge in [0.05, 0.1) is 0 Å². The Labute approximate surface area is 125 Å². The summed E-state index contributed by atoms with van der Waals surface area (Å²) >= 11 is 0. The number of hydrogen-bond donors (Lipinski definition) is 0. The van der Waals surface area contributed by atoms with Gasteiger partial charge in [0.15, 0.2) is 17.4 Å². The van der Waals surface area contributed by atoms with Gasteiger partial charge in [-0.15, -0.1) is 0 Å². The van der Waals surface area contributed by atoms with Crippen molar-refractivity contribution in [2.75, 3.05) is 0 Å². The van der Waals surface area contributed by atoms with Crippen LogP contribution in [0.5, 0.6) is 0 Å². The topological polar surface area (TPSA) is 0 Å². The third-order valence-electron chi connectivity index (χ3n) is 0. The molecule has 0 saturated carbocycles. The summed E-state index contributed by atoms with van der Waals surface area (Å²) in [4.78, 5) is 0. The van der Waals surface area contributed by atoms with Gasteiger partial charge in [-0.05, 0) is 0 Å². The smallest absolute Gasteiger partial charge is 0 e. The second-order valence-electron chi connectivity index (χ2n) is 0. The van der Waals surface area contributed by atoms with Gasteiger partial charge in [-0.3, -0.25) is 0 Å². The van der Waals surface area contributed by atoms with Crippen LogP contribution in [0.15, 0.2) is 0 Å². The second kappa shape index (κ2) is 35.6.